The van der Waals surface area contributed by atoms with Gasteiger partial charge in [0, 0.05) is 29.5 Å². The van der Waals surface area contributed by atoms with Crippen LogP contribution in [0.3, 0.4) is 0 Å². The number of nitrogens with one attached hydrogen (secondary N) is 1. The molecule has 4 aromatic rings. The monoisotopic (exact) mass is 506 g/mol. The molecule has 0 radical (unpaired) electrons. The molecule has 0 spiro atoms. The molecule has 8 heteroatoms. The molecule has 36 heavy (non-hydrogen) atoms. The smallest absolute Gasteiger partial charge is 0.351 e. The Bertz CT molecular complexity index is 1360. The summed E-state index contributed by atoms with van der Waals surface area (Å²) in [6, 6.07) is 22.4. The first kappa shape index (κ1) is 24.1. The molecule has 3 heterocycles. The summed E-state index contributed by atoms with van der Waals surface area (Å²) in [6.45, 7) is 4.28. The second-order valence-corrected chi connectivity index (χ2v) is 9.48. The van der Waals surface area contributed by atoms with E-state index in [2.05, 4.69) is 36.3 Å². The van der Waals surface area contributed by atoms with E-state index < -0.39 is 11.7 Å². The molecular formula is C28H25F3N4S. The van der Waals surface area contributed by atoms with Crippen molar-refractivity contribution in [3.8, 4) is 5.69 Å². The van der Waals surface area contributed by atoms with Gasteiger partial charge in [0.1, 0.15) is 6.04 Å². The lowest BCUT2D eigenvalue weighted by molar-refractivity contribution is -0.137. The summed E-state index contributed by atoms with van der Waals surface area (Å²) < 4.78 is 42.2. The number of anilines is 1. The van der Waals surface area contributed by atoms with Crippen LogP contribution in [-0.4, -0.2) is 14.7 Å². The third kappa shape index (κ3) is 4.48. The Labute approximate surface area is 213 Å². The van der Waals surface area contributed by atoms with Gasteiger partial charge in [0.15, 0.2) is 5.11 Å². The second kappa shape index (κ2) is 9.43. The van der Waals surface area contributed by atoms with Gasteiger partial charge >= 0.3 is 6.18 Å². The van der Waals surface area contributed by atoms with Crippen LogP contribution in [0.2, 0.25) is 0 Å². The van der Waals surface area contributed by atoms with E-state index in [0.717, 1.165) is 23.1 Å². The summed E-state index contributed by atoms with van der Waals surface area (Å²) in [5.74, 6) is 0.387. The first-order valence-electron chi connectivity index (χ1n) is 11.7. The van der Waals surface area contributed by atoms with Crippen LogP contribution >= 0.6 is 12.2 Å². The van der Waals surface area contributed by atoms with Gasteiger partial charge in [0.05, 0.1) is 17.3 Å². The first-order chi connectivity index (χ1) is 17.2. The fourth-order valence-corrected chi connectivity index (χ4v) is 5.00. The van der Waals surface area contributed by atoms with Crippen LogP contribution in [0, 0.1) is 0 Å². The molecule has 0 saturated carbocycles. The van der Waals surface area contributed by atoms with Gasteiger partial charge in [-0.25, -0.2) is 0 Å². The summed E-state index contributed by atoms with van der Waals surface area (Å²) in [4.78, 5) is 6.59. The van der Waals surface area contributed by atoms with Crippen LogP contribution in [0.15, 0.2) is 91.3 Å². The number of nitrogens with zero attached hydrogens (tertiary/aromatic N) is 3. The lowest BCUT2D eigenvalue weighted by atomic mass is 9.99. The van der Waals surface area contributed by atoms with Crippen molar-refractivity contribution in [1.82, 2.24) is 14.9 Å². The lowest BCUT2D eigenvalue weighted by Gasteiger charge is -2.29. The zero-order valence-corrected chi connectivity index (χ0v) is 20.6. The van der Waals surface area contributed by atoms with E-state index in [0.29, 0.717) is 16.7 Å². The maximum Gasteiger partial charge on any atom is 0.416 e. The minimum absolute atomic E-state index is 0.303. The summed E-state index contributed by atoms with van der Waals surface area (Å²) >= 11 is 5.79. The molecule has 2 aromatic heterocycles. The van der Waals surface area contributed by atoms with Gasteiger partial charge in [-0.1, -0.05) is 38.1 Å². The fourth-order valence-electron chi connectivity index (χ4n) is 4.66. The van der Waals surface area contributed by atoms with Gasteiger partial charge in [-0.2, -0.15) is 13.2 Å². The van der Waals surface area contributed by atoms with Crippen LogP contribution in [0.1, 0.15) is 54.4 Å². The third-order valence-corrected chi connectivity index (χ3v) is 6.79. The quantitative estimate of drug-likeness (QED) is 0.291. The van der Waals surface area contributed by atoms with E-state index in [4.69, 9.17) is 12.2 Å². The minimum atomic E-state index is -4.43. The van der Waals surface area contributed by atoms with Crippen LogP contribution in [0.25, 0.3) is 5.69 Å². The number of pyridine rings is 1. The molecule has 0 unspecified atom stereocenters. The molecule has 184 valence electrons. The van der Waals surface area contributed by atoms with Crippen molar-refractivity contribution in [2.24, 2.45) is 0 Å². The normalized spacial score (nSPS) is 18.1. The maximum atomic E-state index is 13.5. The first-order valence-corrected chi connectivity index (χ1v) is 12.1. The molecule has 1 N–H and O–H groups in total. The highest BCUT2D eigenvalue weighted by Crippen LogP contribution is 2.42. The van der Waals surface area contributed by atoms with Crippen molar-refractivity contribution in [2.45, 2.75) is 38.0 Å². The fraction of sp³-hybridized carbons (Fsp3) is 0.214. The SMILES string of the molecule is CC(C)c1ccc(N2C(=S)N[C@@H](c3ccccn3)[C@@H]2c2cccn2-c2cccc(C(F)(F)F)c2)cc1. The summed E-state index contributed by atoms with van der Waals surface area (Å²) in [5, 5.41) is 3.94. The van der Waals surface area contributed by atoms with Crippen LogP contribution in [-0.2, 0) is 6.18 Å². The Morgan fingerprint density at radius 3 is 2.36 bits per heavy atom. The number of hydrogen-bond acceptors (Lipinski definition) is 2. The van der Waals surface area contributed by atoms with E-state index in [9.17, 15) is 13.2 Å². The minimum Gasteiger partial charge on any atom is -0.351 e. The zero-order valence-electron chi connectivity index (χ0n) is 19.8. The highest BCUT2D eigenvalue weighted by molar-refractivity contribution is 7.80. The van der Waals surface area contributed by atoms with Gasteiger partial charge in [0.25, 0.3) is 0 Å². The number of rotatable bonds is 5. The number of thiocarbonyl (C=S) groups is 1. The molecule has 1 aliphatic heterocycles. The van der Waals surface area contributed by atoms with Gasteiger partial charge in [-0.3, -0.25) is 4.98 Å². The number of benzene rings is 2. The summed E-state index contributed by atoms with van der Waals surface area (Å²) in [6.07, 6.45) is -0.925. The number of alkyl halides is 3. The molecule has 1 saturated heterocycles. The van der Waals surface area contributed by atoms with E-state index in [1.807, 2.05) is 47.4 Å². The molecule has 5 rings (SSSR count). The highest BCUT2D eigenvalue weighted by Gasteiger charge is 2.42. The second-order valence-electron chi connectivity index (χ2n) is 9.09. The molecule has 0 aliphatic carbocycles. The van der Waals surface area contributed by atoms with Gasteiger partial charge in [0.2, 0.25) is 0 Å². The molecule has 0 amide bonds. The highest BCUT2D eigenvalue weighted by atomic mass is 32.1. The summed E-state index contributed by atoms with van der Waals surface area (Å²) in [7, 11) is 0. The van der Waals surface area contributed by atoms with Crippen molar-refractivity contribution in [3.63, 3.8) is 0 Å². The zero-order chi connectivity index (χ0) is 25.4. The van der Waals surface area contributed by atoms with Crippen molar-refractivity contribution in [2.75, 3.05) is 4.90 Å². The summed E-state index contributed by atoms with van der Waals surface area (Å²) in [5.41, 5.74) is 3.44. The number of aromatic nitrogens is 2. The lowest BCUT2D eigenvalue weighted by Crippen LogP contribution is -2.30. The van der Waals surface area contributed by atoms with Gasteiger partial charge < -0.3 is 14.8 Å². The average molecular weight is 507 g/mol. The van der Waals surface area contributed by atoms with E-state index in [-0.39, 0.29) is 12.1 Å². The molecule has 0 bridgehead atoms. The van der Waals surface area contributed by atoms with Crippen LogP contribution in [0.4, 0.5) is 18.9 Å². The standard InChI is InChI=1S/C28H25F3N4S/c1-18(2)19-11-13-21(14-12-19)35-26(25(33-27(35)36)23-9-3-4-15-32-23)24-10-6-16-34(24)22-8-5-7-20(17-22)28(29,30)31/h3-18,25-26H,1-2H3,(H,33,36)/t25-,26-/m0/s1. The van der Waals surface area contributed by atoms with Gasteiger partial charge in [-0.15, -0.1) is 0 Å². The third-order valence-electron chi connectivity index (χ3n) is 6.47. The largest absolute Gasteiger partial charge is 0.416 e. The number of halogens is 3. The van der Waals surface area contributed by atoms with Crippen molar-refractivity contribution in [3.05, 3.63) is 114 Å². The Balaban J connectivity index is 1.64. The Kier molecular flexibility index (Phi) is 6.30. The topological polar surface area (TPSA) is 33.1 Å². The van der Waals surface area contributed by atoms with Gasteiger partial charge in [-0.05, 0) is 78.3 Å². The van der Waals surface area contributed by atoms with Crippen molar-refractivity contribution < 1.29 is 13.2 Å². The molecule has 1 fully saturated rings. The van der Waals surface area contributed by atoms with Crippen molar-refractivity contribution >= 4 is 23.0 Å². The Morgan fingerprint density at radius 1 is 0.917 bits per heavy atom. The predicted molar refractivity (Wildman–Crippen MR) is 139 cm³/mol. The van der Waals surface area contributed by atoms with Crippen molar-refractivity contribution in [1.29, 1.82) is 0 Å². The molecule has 1 aliphatic rings. The molecule has 2 atom stereocenters. The molecule has 2 aromatic carbocycles. The van der Waals surface area contributed by atoms with E-state index in [1.165, 1.54) is 17.7 Å². The number of hydrogen-bond donors (Lipinski definition) is 1. The predicted octanol–water partition coefficient (Wildman–Crippen LogP) is 7.19. The molecular weight excluding hydrogens is 481 g/mol. The van der Waals surface area contributed by atoms with E-state index >= 15 is 0 Å². The van der Waals surface area contributed by atoms with Crippen LogP contribution < -0.4 is 10.2 Å². The Morgan fingerprint density at radius 2 is 1.69 bits per heavy atom. The van der Waals surface area contributed by atoms with Crippen LogP contribution in [0.5, 0.6) is 0 Å². The average Bonchev–Trinajstić information content (AvgIpc) is 3.48. The Hall–Kier alpha value is -3.65. The van der Waals surface area contributed by atoms with E-state index in [1.54, 1.807) is 23.0 Å². The molecule has 4 nitrogen and oxygen atoms in total. The maximum absolute atomic E-state index is 13.5.